The fraction of sp³-hybridized carbons (Fsp3) is 0.448. The maximum Gasteiger partial charge on any atom is 0.248 e. The number of aromatic nitrogens is 2. The molecule has 9 heteroatoms. The molecule has 3 aromatic rings. The van der Waals surface area contributed by atoms with Crippen molar-refractivity contribution >= 4 is 5.91 Å². The first-order chi connectivity index (χ1) is 18.4. The van der Waals surface area contributed by atoms with Gasteiger partial charge in [-0.25, -0.2) is 4.98 Å². The van der Waals surface area contributed by atoms with Gasteiger partial charge in [-0.2, -0.15) is 0 Å². The zero-order valence-corrected chi connectivity index (χ0v) is 22.3. The maximum atomic E-state index is 12.7. The van der Waals surface area contributed by atoms with Crippen LogP contribution in [-0.2, 0) is 22.6 Å². The SMILES string of the molecule is COCC(=O)N1CCN(Cc2cccc(OCCCn3ccnc3)c2)C[C@](O)(COc2ccc(C)cc2)C1. The standard InChI is InChI=1S/C29H38N4O5/c1-24-7-9-26(10-8-24)38-22-29(35)20-32(14-15-33(21-29)28(34)19-36-2)18-25-5-3-6-27(17-25)37-16-4-12-31-13-11-30-23-31/h3,5-11,13,17,23,35H,4,12,14-16,18-22H2,1-2H3/t29-/m1/s1. The Morgan fingerprint density at radius 3 is 2.68 bits per heavy atom. The molecular weight excluding hydrogens is 484 g/mol. The molecule has 0 saturated carbocycles. The van der Waals surface area contributed by atoms with E-state index in [0.717, 1.165) is 29.8 Å². The van der Waals surface area contributed by atoms with E-state index in [1.54, 1.807) is 17.4 Å². The van der Waals surface area contributed by atoms with Gasteiger partial charge in [0.2, 0.25) is 5.91 Å². The number of methoxy groups -OCH3 is 1. The zero-order valence-electron chi connectivity index (χ0n) is 22.3. The monoisotopic (exact) mass is 522 g/mol. The van der Waals surface area contributed by atoms with E-state index in [0.29, 0.717) is 38.5 Å². The number of ether oxygens (including phenoxy) is 3. The normalized spacial score (nSPS) is 18.2. The minimum atomic E-state index is -1.24. The van der Waals surface area contributed by atoms with Crippen LogP contribution in [0.2, 0.25) is 0 Å². The summed E-state index contributed by atoms with van der Waals surface area (Å²) in [6, 6.07) is 15.8. The van der Waals surface area contributed by atoms with Crippen LogP contribution >= 0.6 is 0 Å². The van der Waals surface area contributed by atoms with Crippen LogP contribution in [0.5, 0.6) is 11.5 Å². The summed E-state index contributed by atoms with van der Waals surface area (Å²) >= 11 is 0. The maximum absolute atomic E-state index is 12.7. The molecule has 1 aliphatic heterocycles. The second kappa shape index (κ2) is 13.4. The summed E-state index contributed by atoms with van der Waals surface area (Å²) in [6.07, 6.45) is 6.40. The quantitative estimate of drug-likeness (QED) is 0.366. The number of amides is 1. The molecule has 38 heavy (non-hydrogen) atoms. The summed E-state index contributed by atoms with van der Waals surface area (Å²) in [7, 11) is 1.50. The van der Waals surface area contributed by atoms with Crippen LogP contribution in [-0.4, -0.2) is 89.1 Å². The van der Waals surface area contributed by atoms with Crippen LogP contribution in [0.15, 0.2) is 67.3 Å². The van der Waals surface area contributed by atoms with E-state index in [2.05, 4.69) is 16.0 Å². The Kier molecular flexibility index (Phi) is 9.75. The Balaban J connectivity index is 1.38. The van der Waals surface area contributed by atoms with Gasteiger partial charge < -0.3 is 28.8 Å². The van der Waals surface area contributed by atoms with Gasteiger partial charge in [0.1, 0.15) is 30.3 Å². The smallest absolute Gasteiger partial charge is 0.248 e. The summed E-state index contributed by atoms with van der Waals surface area (Å²) in [5, 5.41) is 11.6. The van der Waals surface area contributed by atoms with Gasteiger partial charge in [0.05, 0.1) is 19.5 Å². The lowest BCUT2D eigenvalue weighted by Gasteiger charge is -2.33. The first-order valence-corrected chi connectivity index (χ1v) is 13.0. The number of β-amino-alcohol motifs (C(OH)–C–C–N with tert-alkyl or cyclic N) is 1. The van der Waals surface area contributed by atoms with Crippen LogP contribution in [0.4, 0.5) is 0 Å². The van der Waals surface area contributed by atoms with Gasteiger partial charge in [0.25, 0.3) is 0 Å². The van der Waals surface area contributed by atoms with Gasteiger partial charge in [-0.05, 0) is 43.2 Å². The van der Waals surface area contributed by atoms with Crippen molar-refractivity contribution in [3.05, 3.63) is 78.4 Å². The largest absolute Gasteiger partial charge is 0.494 e. The third kappa shape index (κ3) is 8.31. The molecular formula is C29H38N4O5. The second-order valence-corrected chi connectivity index (χ2v) is 9.93. The van der Waals surface area contributed by atoms with Gasteiger partial charge in [-0.3, -0.25) is 9.69 Å². The van der Waals surface area contributed by atoms with E-state index >= 15 is 0 Å². The summed E-state index contributed by atoms with van der Waals surface area (Å²) < 4.78 is 19.1. The predicted octanol–water partition coefficient (Wildman–Crippen LogP) is 2.76. The molecule has 0 radical (unpaired) electrons. The first kappa shape index (κ1) is 27.6. The summed E-state index contributed by atoms with van der Waals surface area (Å²) in [5.41, 5.74) is 0.972. The third-order valence-electron chi connectivity index (χ3n) is 6.53. The van der Waals surface area contributed by atoms with E-state index < -0.39 is 5.60 Å². The lowest BCUT2D eigenvalue weighted by Crippen LogP contribution is -2.52. The van der Waals surface area contributed by atoms with E-state index in [9.17, 15) is 9.90 Å². The van der Waals surface area contributed by atoms with Gasteiger partial charge >= 0.3 is 0 Å². The molecule has 1 N–H and O–H groups in total. The summed E-state index contributed by atoms with van der Waals surface area (Å²) in [5.74, 6) is 1.36. The molecule has 1 fully saturated rings. The molecule has 1 atom stereocenters. The number of rotatable bonds is 12. The predicted molar refractivity (Wildman–Crippen MR) is 144 cm³/mol. The summed E-state index contributed by atoms with van der Waals surface area (Å²) in [4.78, 5) is 20.6. The van der Waals surface area contributed by atoms with Crippen LogP contribution in [0.3, 0.4) is 0 Å². The highest BCUT2D eigenvalue weighted by Gasteiger charge is 2.37. The minimum absolute atomic E-state index is 0.0187. The number of carbonyl (C=O) groups is 1. The van der Waals surface area contributed by atoms with Crippen molar-refractivity contribution in [3.8, 4) is 11.5 Å². The van der Waals surface area contributed by atoms with Crippen molar-refractivity contribution in [1.29, 1.82) is 0 Å². The van der Waals surface area contributed by atoms with Crippen LogP contribution in [0.25, 0.3) is 0 Å². The molecule has 0 spiro atoms. The van der Waals surface area contributed by atoms with Crippen molar-refractivity contribution in [2.45, 2.75) is 32.0 Å². The van der Waals surface area contributed by atoms with Crippen molar-refractivity contribution < 1.29 is 24.1 Å². The second-order valence-electron chi connectivity index (χ2n) is 9.93. The Bertz CT molecular complexity index is 1140. The number of carbonyl (C=O) groups excluding carboxylic acids is 1. The molecule has 2 aromatic carbocycles. The van der Waals surface area contributed by atoms with E-state index in [1.807, 2.05) is 60.2 Å². The van der Waals surface area contributed by atoms with Crippen LogP contribution < -0.4 is 9.47 Å². The highest BCUT2D eigenvalue weighted by Crippen LogP contribution is 2.22. The Labute approximate surface area is 224 Å². The average Bonchev–Trinajstić information content (AvgIpc) is 3.37. The average molecular weight is 523 g/mol. The molecule has 2 heterocycles. The van der Waals surface area contributed by atoms with Gasteiger partial charge in [-0.15, -0.1) is 0 Å². The van der Waals surface area contributed by atoms with Gasteiger partial charge in [-0.1, -0.05) is 29.8 Å². The fourth-order valence-corrected chi connectivity index (χ4v) is 4.60. The topological polar surface area (TPSA) is 89.3 Å². The first-order valence-electron chi connectivity index (χ1n) is 13.0. The molecule has 204 valence electrons. The lowest BCUT2D eigenvalue weighted by atomic mass is 10.0. The Morgan fingerprint density at radius 2 is 1.92 bits per heavy atom. The Morgan fingerprint density at radius 1 is 1.08 bits per heavy atom. The molecule has 0 aliphatic carbocycles. The van der Waals surface area contributed by atoms with Crippen molar-refractivity contribution in [1.82, 2.24) is 19.4 Å². The summed E-state index contributed by atoms with van der Waals surface area (Å²) in [6.45, 7) is 5.82. The number of benzene rings is 2. The van der Waals surface area contributed by atoms with Crippen molar-refractivity contribution in [2.24, 2.45) is 0 Å². The Hall–Kier alpha value is -3.40. The molecule has 4 rings (SSSR count). The molecule has 1 amide bonds. The highest BCUT2D eigenvalue weighted by atomic mass is 16.5. The van der Waals surface area contributed by atoms with E-state index in [1.165, 1.54) is 7.11 Å². The molecule has 0 unspecified atom stereocenters. The van der Waals surface area contributed by atoms with Crippen molar-refractivity contribution in [3.63, 3.8) is 0 Å². The molecule has 9 nitrogen and oxygen atoms in total. The van der Waals surface area contributed by atoms with Gasteiger partial charge in [0, 0.05) is 52.2 Å². The molecule has 1 saturated heterocycles. The number of imidazole rings is 1. The van der Waals surface area contributed by atoms with Crippen LogP contribution in [0, 0.1) is 6.92 Å². The number of hydrogen-bond acceptors (Lipinski definition) is 7. The van der Waals surface area contributed by atoms with Gasteiger partial charge in [0.15, 0.2) is 0 Å². The molecule has 1 aromatic heterocycles. The zero-order chi connectivity index (χ0) is 26.8. The lowest BCUT2D eigenvalue weighted by molar-refractivity contribution is -0.138. The van der Waals surface area contributed by atoms with E-state index in [-0.39, 0.29) is 25.7 Å². The molecule has 1 aliphatic rings. The number of aryl methyl sites for hydroxylation is 2. The number of hydrogen-bond donors (Lipinski definition) is 1. The fourth-order valence-electron chi connectivity index (χ4n) is 4.60. The molecule has 0 bridgehead atoms. The number of nitrogens with zero attached hydrogens (tertiary/aromatic N) is 4. The van der Waals surface area contributed by atoms with Crippen molar-refractivity contribution in [2.75, 3.05) is 53.1 Å². The number of aliphatic hydroxyl groups is 1. The highest BCUT2D eigenvalue weighted by molar-refractivity contribution is 5.77. The van der Waals surface area contributed by atoms with Crippen LogP contribution in [0.1, 0.15) is 17.5 Å². The third-order valence-corrected chi connectivity index (χ3v) is 6.53. The minimum Gasteiger partial charge on any atom is -0.494 e. The van der Waals surface area contributed by atoms with E-state index in [4.69, 9.17) is 14.2 Å².